The van der Waals surface area contributed by atoms with Gasteiger partial charge in [0.05, 0.1) is 17.1 Å². The van der Waals surface area contributed by atoms with Crippen LogP contribution in [0, 0.1) is 6.92 Å². The second-order valence-electron chi connectivity index (χ2n) is 5.70. The molecule has 0 aliphatic rings. The molecule has 0 aliphatic heterocycles. The van der Waals surface area contributed by atoms with Gasteiger partial charge in [0.25, 0.3) is 5.91 Å². The number of nitrogens with one attached hydrogen (secondary N) is 2. The number of rotatable bonds is 8. The van der Waals surface area contributed by atoms with Gasteiger partial charge in [-0.3, -0.25) is 4.79 Å². The van der Waals surface area contributed by atoms with Crippen molar-refractivity contribution in [2.75, 3.05) is 20.3 Å². The Morgan fingerprint density at radius 1 is 1.15 bits per heavy atom. The number of carbonyl (C=O) groups excluding carboxylic acids is 1. The van der Waals surface area contributed by atoms with Crippen LogP contribution in [0.5, 0.6) is 0 Å². The Morgan fingerprint density at radius 3 is 2.50 bits per heavy atom. The lowest BCUT2D eigenvalue weighted by Gasteiger charge is -2.11. The summed E-state index contributed by atoms with van der Waals surface area (Å²) in [5.41, 5.74) is 2.36. The van der Waals surface area contributed by atoms with Crippen LogP contribution in [0.3, 0.4) is 0 Å². The molecule has 0 radical (unpaired) electrons. The Bertz CT molecular complexity index is 867. The predicted molar refractivity (Wildman–Crippen MR) is 104 cm³/mol. The fourth-order valence-electron chi connectivity index (χ4n) is 2.19. The smallest absolute Gasteiger partial charge is 0.252 e. The first-order chi connectivity index (χ1) is 12.3. The lowest BCUT2D eigenvalue weighted by Crippen LogP contribution is -2.28. The summed E-state index contributed by atoms with van der Waals surface area (Å²) in [6.45, 7) is 2.77. The number of amides is 1. The quantitative estimate of drug-likeness (QED) is 0.617. The van der Waals surface area contributed by atoms with Gasteiger partial charge < -0.3 is 10.1 Å². The number of ether oxygens (including phenoxy) is 1. The van der Waals surface area contributed by atoms with Crippen LogP contribution >= 0.6 is 15.9 Å². The van der Waals surface area contributed by atoms with Crippen molar-refractivity contribution in [1.29, 1.82) is 0 Å². The normalized spacial score (nSPS) is 11.3. The van der Waals surface area contributed by atoms with E-state index in [1.165, 1.54) is 19.2 Å². The molecule has 0 saturated heterocycles. The number of sulfonamides is 1. The Hall–Kier alpha value is -1.74. The third-order valence-electron chi connectivity index (χ3n) is 3.66. The SMILES string of the molecule is COCCNS(=O)(=O)c1ccc(Br)c(C(=O)NCc2ccc(C)cc2)c1. The molecule has 0 spiro atoms. The van der Waals surface area contributed by atoms with Crippen LogP contribution in [-0.2, 0) is 21.3 Å². The van der Waals surface area contributed by atoms with E-state index in [4.69, 9.17) is 4.74 Å². The first-order valence-electron chi connectivity index (χ1n) is 7.95. The Balaban J connectivity index is 2.12. The molecule has 1 amide bonds. The fraction of sp³-hybridized carbons (Fsp3) is 0.278. The zero-order valence-electron chi connectivity index (χ0n) is 14.6. The molecule has 0 saturated carbocycles. The monoisotopic (exact) mass is 440 g/mol. The average molecular weight is 441 g/mol. The molecule has 0 aliphatic carbocycles. The number of hydrogen-bond acceptors (Lipinski definition) is 4. The molecule has 2 aromatic carbocycles. The minimum absolute atomic E-state index is 0.0253. The highest BCUT2D eigenvalue weighted by atomic mass is 79.9. The van der Waals surface area contributed by atoms with Gasteiger partial charge in [0.1, 0.15) is 0 Å². The second kappa shape index (κ2) is 9.27. The van der Waals surface area contributed by atoms with E-state index in [0.29, 0.717) is 11.0 Å². The van der Waals surface area contributed by atoms with Crippen LogP contribution in [0.1, 0.15) is 21.5 Å². The molecule has 140 valence electrons. The van der Waals surface area contributed by atoms with Gasteiger partial charge in [0.15, 0.2) is 0 Å². The summed E-state index contributed by atoms with van der Waals surface area (Å²) in [5, 5.41) is 2.80. The lowest BCUT2D eigenvalue weighted by molar-refractivity contribution is 0.0950. The van der Waals surface area contributed by atoms with Crippen molar-refractivity contribution >= 4 is 31.9 Å². The number of methoxy groups -OCH3 is 1. The number of aryl methyl sites for hydroxylation is 1. The maximum Gasteiger partial charge on any atom is 0.252 e. The minimum atomic E-state index is -3.71. The summed E-state index contributed by atoms with van der Waals surface area (Å²) < 4.78 is 32.4. The lowest BCUT2D eigenvalue weighted by atomic mass is 10.1. The zero-order chi connectivity index (χ0) is 19.2. The van der Waals surface area contributed by atoms with E-state index in [1.54, 1.807) is 6.07 Å². The molecular formula is C18H21BrN2O4S. The van der Waals surface area contributed by atoms with Gasteiger partial charge in [0, 0.05) is 24.7 Å². The van der Waals surface area contributed by atoms with Gasteiger partial charge in [0.2, 0.25) is 10.0 Å². The number of benzene rings is 2. The van der Waals surface area contributed by atoms with E-state index < -0.39 is 10.0 Å². The highest BCUT2D eigenvalue weighted by molar-refractivity contribution is 9.10. The van der Waals surface area contributed by atoms with Crippen LogP contribution in [0.15, 0.2) is 51.8 Å². The predicted octanol–water partition coefficient (Wildman–Crippen LogP) is 2.61. The van der Waals surface area contributed by atoms with Crippen LogP contribution in [0.4, 0.5) is 0 Å². The summed E-state index contributed by atoms with van der Waals surface area (Å²) in [6, 6.07) is 12.1. The summed E-state index contributed by atoms with van der Waals surface area (Å²) in [6.07, 6.45) is 0. The largest absolute Gasteiger partial charge is 0.383 e. The average Bonchev–Trinajstić information content (AvgIpc) is 2.61. The summed E-state index contributed by atoms with van der Waals surface area (Å²) in [5.74, 6) is -0.355. The first-order valence-corrected chi connectivity index (χ1v) is 10.2. The molecule has 2 aromatic rings. The Kier molecular flexibility index (Phi) is 7.33. The van der Waals surface area contributed by atoms with Crippen LogP contribution in [0.2, 0.25) is 0 Å². The van der Waals surface area contributed by atoms with E-state index >= 15 is 0 Å². The third kappa shape index (κ3) is 5.63. The van der Waals surface area contributed by atoms with E-state index in [1.807, 2.05) is 31.2 Å². The molecule has 26 heavy (non-hydrogen) atoms. The number of halogens is 1. The molecule has 0 bridgehead atoms. The van der Waals surface area contributed by atoms with Gasteiger partial charge in [-0.25, -0.2) is 13.1 Å². The molecule has 2 N–H and O–H groups in total. The van der Waals surface area contributed by atoms with Crippen molar-refractivity contribution in [3.05, 3.63) is 63.6 Å². The fourth-order valence-corrected chi connectivity index (χ4v) is 3.66. The van der Waals surface area contributed by atoms with Crippen molar-refractivity contribution in [3.63, 3.8) is 0 Å². The van der Waals surface area contributed by atoms with Gasteiger partial charge >= 0.3 is 0 Å². The molecule has 0 aromatic heterocycles. The highest BCUT2D eigenvalue weighted by Crippen LogP contribution is 2.21. The minimum Gasteiger partial charge on any atom is -0.383 e. The second-order valence-corrected chi connectivity index (χ2v) is 8.32. The molecule has 2 rings (SSSR count). The van der Waals surface area contributed by atoms with Crippen molar-refractivity contribution in [1.82, 2.24) is 10.0 Å². The van der Waals surface area contributed by atoms with Crippen LogP contribution < -0.4 is 10.0 Å². The maximum absolute atomic E-state index is 12.5. The van der Waals surface area contributed by atoms with Gasteiger partial charge in [-0.05, 0) is 46.6 Å². The van der Waals surface area contributed by atoms with E-state index in [2.05, 4.69) is 26.0 Å². The first kappa shape index (κ1) is 20.6. The topological polar surface area (TPSA) is 84.5 Å². The molecule has 0 unspecified atom stereocenters. The third-order valence-corrected chi connectivity index (χ3v) is 5.81. The van der Waals surface area contributed by atoms with Crippen molar-refractivity contribution in [2.45, 2.75) is 18.4 Å². The van der Waals surface area contributed by atoms with Gasteiger partial charge in [-0.15, -0.1) is 0 Å². The van der Waals surface area contributed by atoms with Crippen molar-refractivity contribution in [3.8, 4) is 0 Å². The number of hydrogen-bond donors (Lipinski definition) is 2. The maximum atomic E-state index is 12.5. The standard InChI is InChI=1S/C18H21BrN2O4S/c1-13-3-5-14(6-4-13)12-20-18(22)16-11-15(7-8-17(16)19)26(23,24)21-9-10-25-2/h3-8,11,21H,9-10,12H2,1-2H3,(H,20,22). The highest BCUT2D eigenvalue weighted by Gasteiger charge is 2.18. The van der Waals surface area contributed by atoms with Crippen molar-refractivity contribution in [2.24, 2.45) is 0 Å². The molecule has 0 atom stereocenters. The van der Waals surface area contributed by atoms with E-state index in [-0.39, 0.29) is 29.5 Å². The van der Waals surface area contributed by atoms with Gasteiger partial charge in [-0.1, -0.05) is 29.8 Å². The summed E-state index contributed by atoms with van der Waals surface area (Å²) >= 11 is 3.30. The molecule has 0 heterocycles. The van der Waals surface area contributed by atoms with E-state index in [9.17, 15) is 13.2 Å². The van der Waals surface area contributed by atoms with E-state index in [0.717, 1.165) is 11.1 Å². The zero-order valence-corrected chi connectivity index (χ0v) is 17.0. The Morgan fingerprint density at radius 2 is 1.85 bits per heavy atom. The molecule has 0 fully saturated rings. The van der Waals surface area contributed by atoms with Crippen LogP contribution in [-0.4, -0.2) is 34.6 Å². The van der Waals surface area contributed by atoms with Crippen molar-refractivity contribution < 1.29 is 17.9 Å². The summed E-state index contributed by atoms with van der Waals surface area (Å²) in [7, 11) is -2.22. The molecule has 8 heteroatoms. The van der Waals surface area contributed by atoms with Crippen LogP contribution in [0.25, 0.3) is 0 Å². The number of carbonyl (C=O) groups is 1. The molecular weight excluding hydrogens is 420 g/mol. The summed E-state index contributed by atoms with van der Waals surface area (Å²) in [4.78, 5) is 12.5. The Labute approximate surface area is 162 Å². The van der Waals surface area contributed by atoms with Gasteiger partial charge in [-0.2, -0.15) is 0 Å². The molecule has 6 nitrogen and oxygen atoms in total.